The Balaban J connectivity index is -0.000000192. The van der Waals surface area contributed by atoms with Gasteiger partial charge in [0.2, 0.25) is 0 Å². The fourth-order valence-corrected chi connectivity index (χ4v) is 5.06. The van der Waals surface area contributed by atoms with Gasteiger partial charge in [0.1, 0.15) is 0 Å². The fraction of sp³-hybridized carbons (Fsp3) is 0.727. The van der Waals surface area contributed by atoms with Crippen LogP contribution in [0.3, 0.4) is 0 Å². The van der Waals surface area contributed by atoms with Crippen molar-refractivity contribution in [3.8, 4) is 0 Å². The summed E-state index contributed by atoms with van der Waals surface area (Å²) in [6.45, 7) is 14.6. The summed E-state index contributed by atoms with van der Waals surface area (Å²) in [5.41, 5.74) is 0. The second kappa shape index (κ2) is 56.9. The zero-order chi connectivity index (χ0) is 39.8. The van der Waals surface area contributed by atoms with E-state index in [9.17, 15) is 39.6 Å². The first kappa shape index (κ1) is 60.5. The molecule has 0 unspecified atom stereocenters. The molecule has 0 aliphatic carbocycles. The first-order valence-corrected chi connectivity index (χ1v) is 20.3. The number of allylic oxidation sites excluding steroid dienone is 4. The third-order valence-electron chi connectivity index (χ3n) is 8.16. The fourth-order valence-electron chi connectivity index (χ4n) is 5.06. The van der Waals surface area contributed by atoms with Crippen LogP contribution in [0.5, 0.6) is 0 Å². The minimum atomic E-state index is -0.924. The van der Waals surface area contributed by atoms with E-state index in [1.165, 1.54) is 77.0 Å². The average Bonchev–Trinajstić information content (AvgIpc) is 3.10. The summed E-state index contributed by atoms with van der Waals surface area (Å²) < 4.78 is 0. The summed E-state index contributed by atoms with van der Waals surface area (Å²) in [5.74, 6) is -3.70. The maximum absolute atomic E-state index is 10.1. The number of unbranched alkanes of at least 4 members (excludes halogenated alkanes) is 24. The Morgan fingerprint density at radius 3 is 0.547 bits per heavy atom. The summed E-state index contributed by atoms with van der Waals surface area (Å²) >= 11 is 0. The Kier molecular flexibility index (Phi) is 65.0. The molecule has 0 aliphatic rings. The number of hydrogen-bond acceptors (Lipinski definition) is 8. The molecule has 9 heteroatoms. The zero-order valence-electron chi connectivity index (χ0n) is 33.5. The number of carboxylic acids is 4. The van der Waals surface area contributed by atoms with Gasteiger partial charge in [-0.2, -0.15) is 0 Å². The second-order valence-electron chi connectivity index (χ2n) is 13.3. The van der Waals surface area contributed by atoms with Gasteiger partial charge >= 0.3 is 41.7 Å². The van der Waals surface area contributed by atoms with E-state index in [2.05, 4.69) is 26.3 Å². The van der Waals surface area contributed by atoms with Crippen molar-refractivity contribution in [2.45, 2.75) is 205 Å². The van der Waals surface area contributed by atoms with E-state index >= 15 is 0 Å². The minimum Gasteiger partial charge on any atom is -0.550 e. The standard InChI is InChI=1S/4C11H20O2.Ce/c4*1-2-3-4-5-6-7-8-9-10-11(12)13;/h4*2H,1,3-10H2,(H,12,13);/q;;;;+4/p-4. The van der Waals surface area contributed by atoms with E-state index in [1.807, 2.05) is 24.3 Å². The van der Waals surface area contributed by atoms with Crippen LogP contribution in [-0.2, 0) is 19.2 Å². The van der Waals surface area contributed by atoms with Gasteiger partial charge in [-0.25, -0.2) is 0 Å². The monoisotopic (exact) mass is 872 g/mol. The molecule has 0 aromatic heterocycles. The van der Waals surface area contributed by atoms with Crippen molar-refractivity contribution in [2.75, 3.05) is 0 Å². The van der Waals surface area contributed by atoms with Crippen molar-refractivity contribution in [2.24, 2.45) is 0 Å². The van der Waals surface area contributed by atoms with Crippen molar-refractivity contribution in [1.82, 2.24) is 0 Å². The van der Waals surface area contributed by atoms with E-state index in [1.54, 1.807) is 0 Å². The van der Waals surface area contributed by atoms with Gasteiger partial charge in [-0.15, -0.1) is 26.3 Å². The van der Waals surface area contributed by atoms with E-state index in [0.29, 0.717) is 0 Å². The van der Waals surface area contributed by atoms with Crippen LogP contribution in [0, 0.1) is 41.7 Å². The van der Waals surface area contributed by atoms with Crippen LogP contribution in [-0.4, -0.2) is 23.9 Å². The topological polar surface area (TPSA) is 161 Å². The molecule has 0 aromatic carbocycles. The Hall–Kier alpha value is -1.78. The van der Waals surface area contributed by atoms with Gasteiger partial charge in [0, 0.05) is 23.9 Å². The molecule has 0 fully saturated rings. The predicted octanol–water partition coefficient (Wildman–Crippen LogP) is 8.17. The van der Waals surface area contributed by atoms with Crippen LogP contribution < -0.4 is 20.4 Å². The molecule has 0 aromatic rings. The molecule has 53 heavy (non-hydrogen) atoms. The first-order valence-electron chi connectivity index (χ1n) is 20.3. The molecule has 304 valence electrons. The van der Waals surface area contributed by atoms with Gasteiger partial charge in [0.15, 0.2) is 0 Å². The molecule has 0 heterocycles. The van der Waals surface area contributed by atoms with Gasteiger partial charge in [-0.1, -0.05) is 127 Å². The Labute approximate surface area is 358 Å². The number of carbonyl (C=O) groups is 4. The summed E-state index contributed by atoms with van der Waals surface area (Å²) in [4.78, 5) is 40.2. The van der Waals surface area contributed by atoms with E-state index in [4.69, 9.17) is 0 Å². The van der Waals surface area contributed by atoms with Crippen LogP contribution in [0.2, 0.25) is 0 Å². The number of rotatable bonds is 36. The summed E-state index contributed by atoms with van der Waals surface area (Å²) in [7, 11) is 0. The molecular formula is C44H76CeO8. The SMILES string of the molecule is C=CCCCCCCCCC(=O)[O-].C=CCCCCCCCCC(=O)[O-].C=CCCCCCCCCC(=O)[O-].C=CCCCCCCCCC(=O)[O-].[Ce+4]. The summed E-state index contributed by atoms with van der Waals surface area (Å²) in [6, 6.07) is 0. The van der Waals surface area contributed by atoms with Crippen LogP contribution in [0.15, 0.2) is 50.6 Å². The van der Waals surface area contributed by atoms with E-state index < -0.39 is 23.9 Å². The normalized spacial score (nSPS) is 9.66. The van der Waals surface area contributed by atoms with Crippen molar-refractivity contribution in [1.29, 1.82) is 0 Å². The van der Waals surface area contributed by atoms with Crippen LogP contribution in [0.25, 0.3) is 0 Å². The molecule has 0 spiro atoms. The molecule has 0 bridgehead atoms. The van der Waals surface area contributed by atoms with Crippen LogP contribution in [0.4, 0.5) is 0 Å². The zero-order valence-corrected chi connectivity index (χ0v) is 36.7. The van der Waals surface area contributed by atoms with Crippen molar-refractivity contribution in [3.63, 3.8) is 0 Å². The molecule has 0 aliphatic heterocycles. The molecule has 0 atom stereocenters. The first-order chi connectivity index (χ1) is 25.1. The number of carboxylic acid groups (broad SMARTS) is 4. The molecule has 0 amide bonds. The smallest absolute Gasteiger partial charge is 0.550 e. The Morgan fingerprint density at radius 2 is 0.415 bits per heavy atom. The minimum absolute atomic E-state index is 0. The molecule has 8 nitrogen and oxygen atoms in total. The van der Waals surface area contributed by atoms with E-state index in [0.717, 1.165) is 103 Å². The van der Waals surface area contributed by atoms with Crippen LogP contribution in [0.1, 0.15) is 205 Å². The van der Waals surface area contributed by atoms with Gasteiger partial charge in [0.25, 0.3) is 0 Å². The third-order valence-corrected chi connectivity index (χ3v) is 8.16. The largest absolute Gasteiger partial charge is 4.00 e. The molecule has 0 radical (unpaired) electrons. The van der Waals surface area contributed by atoms with Crippen molar-refractivity contribution >= 4 is 23.9 Å². The molecule has 0 saturated heterocycles. The van der Waals surface area contributed by atoms with Gasteiger partial charge in [0.05, 0.1) is 0 Å². The van der Waals surface area contributed by atoms with Gasteiger partial charge in [-0.05, 0) is 103 Å². The van der Waals surface area contributed by atoms with Crippen LogP contribution >= 0.6 is 0 Å². The molecule has 0 rings (SSSR count). The van der Waals surface area contributed by atoms with Crippen molar-refractivity contribution in [3.05, 3.63) is 50.6 Å². The summed E-state index contributed by atoms with van der Waals surface area (Å²) in [5, 5.41) is 40.2. The maximum atomic E-state index is 10.1. The Bertz CT molecular complexity index is 707. The third kappa shape index (κ3) is 79.9. The predicted molar refractivity (Wildman–Crippen MR) is 209 cm³/mol. The number of aliphatic carboxylic acids is 4. The van der Waals surface area contributed by atoms with Crippen molar-refractivity contribution < 1.29 is 81.4 Å². The second-order valence-corrected chi connectivity index (χ2v) is 13.3. The summed E-state index contributed by atoms with van der Waals surface area (Å²) in [6.07, 6.45) is 39.3. The quantitative estimate of drug-likeness (QED) is 0.0450. The van der Waals surface area contributed by atoms with Gasteiger partial charge in [-0.3, -0.25) is 0 Å². The Morgan fingerprint density at radius 1 is 0.283 bits per heavy atom. The molecular weight excluding hydrogens is 797 g/mol. The van der Waals surface area contributed by atoms with Gasteiger partial charge < -0.3 is 39.6 Å². The van der Waals surface area contributed by atoms with E-state index in [-0.39, 0.29) is 67.4 Å². The number of hydrogen-bond donors (Lipinski definition) is 0. The molecule has 0 saturated carbocycles. The molecule has 0 N–H and O–H groups in total. The number of carbonyl (C=O) groups excluding carboxylic acids is 4. The average molecular weight is 873 g/mol. The maximum Gasteiger partial charge on any atom is 4.00 e.